The molecule has 0 aliphatic heterocycles. The van der Waals surface area contributed by atoms with Crippen molar-refractivity contribution in [3.05, 3.63) is 35.4 Å². The molecule has 1 atom stereocenters. The summed E-state index contributed by atoms with van der Waals surface area (Å²) < 4.78 is 0. The second kappa shape index (κ2) is 6.35. The summed E-state index contributed by atoms with van der Waals surface area (Å²) >= 11 is 0. The topological polar surface area (TPSA) is 15.3 Å². The smallest absolute Gasteiger partial charge is 0.0233 e. The quantitative estimate of drug-likeness (QED) is 0.796. The van der Waals surface area contributed by atoms with Crippen LogP contribution in [0.2, 0.25) is 0 Å². The zero-order chi connectivity index (χ0) is 13.0. The summed E-state index contributed by atoms with van der Waals surface area (Å²) in [4.78, 5) is 2.45. The lowest BCUT2D eigenvalue weighted by Gasteiger charge is -2.25. The van der Waals surface area contributed by atoms with Crippen molar-refractivity contribution < 1.29 is 0 Å². The van der Waals surface area contributed by atoms with Gasteiger partial charge in [-0.1, -0.05) is 31.2 Å². The highest BCUT2D eigenvalue weighted by atomic mass is 15.1. The van der Waals surface area contributed by atoms with E-state index < -0.39 is 0 Å². The Morgan fingerprint density at radius 3 is 2.67 bits per heavy atom. The Bertz CT molecular complexity index is 371. The predicted octanol–water partition coefficient (Wildman–Crippen LogP) is 2.81. The van der Waals surface area contributed by atoms with Crippen LogP contribution in [0.4, 0.5) is 0 Å². The van der Waals surface area contributed by atoms with Crippen molar-refractivity contribution in [1.82, 2.24) is 10.2 Å². The Kier molecular flexibility index (Phi) is 4.79. The van der Waals surface area contributed by atoms with Gasteiger partial charge in [0, 0.05) is 19.1 Å². The van der Waals surface area contributed by atoms with E-state index in [2.05, 4.69) is 55.4 Å². The molecule has 2 nitrogen and oxygen atoms in total. The number of hydrogen-bond acceptors (Lipinski definition) is 2. The van der Waals surface area contributed by atoms with Crippen LogP contribution in [0.3, 0.4) is 0 Å². The summed E-state index contributed by atoms with van der Waals surface area (Å²) in [6.07, 6.45) is 2.83. The van der Waals surface area contributed by atoms with Crippen LogP contribution >= 0.6 is 0 Å². The van der Waals surface area contributed by atoms with E-state index in [0.717, 1.165) is 25.6 Å². The van der Waals surface area contributed by atoms with E-state index >= 15 is 0 Å². The first-order chi connectivity index (χ1) is 8.70. The van der Waals surface area contributed by atoms with E-state index in [0.29, 0.717) is 6.04 Å². The van der Waals surface area contributed by atoms with Gasteiger partial charge < -0.3 is 10.2 Å². The molecule has 100 valence electrons. The second-order valence-corrected chi connectivity index (χ2v) is 5.62. The molecule has 1 aromatic rings. The number of rotatable bonds is 7. The normalized spacial score (nSPS) is 17.1. The zero-order valence-electron chi connectivity index (χ0n) is 11.9. The second-order valence-electron chi connectivity index (χ2n) is 5.62. The van der Waals surface area contributed by atoms with E-state index in [9.17, 15) is 0 Å². The van der Waals surface area contributed by atoms with Crippen molar-refractivity contribution in [1.29, 1.82) is 0 Å². The van der Waals surface area contributed by atoms with Crippen molar-refractivity contribution in [2.24, 2.45) is 5.92 Å². The maximum atomic E-state index is 3.63. The first-order valence-electron chi connectivity index (χ1n) is 7.17. The molecule has 0 bridgehead atoms. The molecule has 18 heavy (non-hydrogen) atoms. The molecule has 1 fully saturated rings. The molecular formula is C16H26N2. The molecule has 0 amide bonds. The molecule has 1 saturated carbocycles. The minimum absolute atomic E-state index is 0.684. The maximum Gasteiger partial charge on any atom is 0.0233 e. The zero-order valence-corrected chi connectivity index (χ0v) is 11.9. The third-order valence-corrected chi connectivity index (χ3v) is 3.87. The summed E-state index contributed by atoms with van der Waals surface area (Å²) in [6, 6.07) is 9.38. The third-order valence-electron chi connectivity index (χ3n) is 3.87. The predicted molar refractivity (Wildman–Crippen MR) is 77.7 cm³/mol. The number of likely N-dealkylation sites (N-methyl/N-ethyl adjacent to an activating group) is 2. The molecule has 0 radical (unpaired) electrons. The van der Waals surface area contributed by atoms with Crippen molar-refractivity contribution in [3.8, 4) is 0 Å². The molecule has 0 heterocycles. The van der Waals surface area contributed by atoms with E-state index in [4.69, 9.17) is 0 Å². The first kappa shape index (κ1) is 13.6. The summed E-state index contributed by atoms with van der Waals surface area (Å²) in [5, 5.41) is 3.63. The molecule has 1 aliphatic rings. The highest BCUT2D eigenvalue weighted by Gasteiger charge is 2.31. The van der Waals surface area contributed by atoms with Gasteiger partial charge in [0.1, 0.15) is 0 Å². The van der Waals surface area contributed by atoms with Crippen molar-refractivity contribution >= 4 is 0 Å². The first-order valence-corrected chi connectivity index (χ1v) is 7.17. The summed E-state index contributed by atoms with van der Waals surface area (Å²) in [5.74, 6) is 0.921. The Labute approximate surface area is 111 Å². The summed E-state index contributed by atoms with van der Waals surface area (Å²) in [7, 11) is 2.24. The number of benzene rings is 1. The van der Waals surface area contributed by atoms with Crippen molar-refractivity contribution in [2.45, 2.75) is 39.3 Å². The van der Waals surface area contributed by atoms with Crippen LogP contribution in [0, 0.1) is 12.8 Å². The highest BCUT2D eigenvalue weighted by Crippen LogP contribution is 2.33. The Morgan fingerprint density at radius 1 is 1.33 bits per heavy atom. The molecule has 0 aromatic heterocycles. The molecular weight excluding hydrogens is 220 g/mol. The van der Waals surface area contributed by atoms with Gasteiger partial charge in [-0.2, -0.15) is 0 Å². The van der Waals surface area contributed by atoms with Crippen LogP contribution < -0.4 is 5.32 Å². The van der Waals surface area contributed by atoms with Crippen LogP contribution in [0.15, 0.2) is 24.3 Å². The van der Waals surface area contributed by atoms with Gasteiger partial charge in [0.05, 0.1) is 0 Å². The molecule has 1 N–H and O–H groups in total. The highest BCUT2D eigenvalue weighted by molar-refractivity contribution is 5.25. The van der Waals surface area contributed by atoms with Gasteiger partial charge in [-0.15, -0.1) is 0 Å². The van der Waals surface area contributed by atoms with Crippen LogP contribution in [0.25, 0.3) is 0 Å². The fourth-order valence-corrected chi connectivity index (χ4v) is 2.62. The number of nitrogens with one attached hydrogen (secondary N) is 1. The van der Waals surface area contributed by atoms with Crippen LogP contribution in [-0.4, -0.2) is 31.1 Å². The fourth-order valence-electron chi connectivity index (χ4n) is 2.62. The molecule has 0 spiro atoms. The monoisotopic (exact) mass is 246 g/mol. The average molecular weight is 246 g/mol. The summed E-state index contributed by atoms with van der Waals surface area (Å²) in [6.45, 7) is 7.70. The Balaban J connectivity index is 1.87. The van der Waals surface area contributed by atoms with E-state index in [1.165, 1.54) is 24.0 Å². The third kappa shape index (κ3) is 3.82. The fraction of sp³-hybridized carbons (Fsp3) is 0.625. The van der Waals surface area contributed by atoms with Gasteiger partial charge in [0.25, 0.3) is 0 Å². The molecule has 0 saturated heterocycles. The summed E-state index contributed by atoms with van der Waals surface area (Å²) in [5.41, 5.74) is 2.85. The Hall–Kier alpha value is -0.860. The maximum absolute atomic E-state index is 3.63. The van der Waals surface area contributed by atoms with E-state index in [1.807, 2.05) is 0 Å². The van der Waals surface area contributed by atoms with Crippen molar-refractivity contribution in [2.75, 3.05) is 20.1 Å². The minimum Gasteiger partial charge on any atom is -0.313 e. The molecule has 2 rings (SSSR count). The van der Waals surface area contributed by atoms with Gasteiger partial charge in [0.15, 0.2) is 0 Å². The van der Waals surface area contributed by atoms with Crippen LogP contribution in [0.1, 0.15) is 30.9 Å². The lowest BCUT2D eigenvalue weighted by atomic mass is 10.1. The lowest BCUT2D eigenvalue weighted by molar-refractivity contribution is 0.268. The van der Waals surface area contributed by atoms with Crippen LogP contribution in [0.5, 0.6) is 0 Å². The van der Waals surface area contributed by atoms with Crippen LogP contribution in [-0.2, 0) is 6.54 Å². The SMILES string of the molecule is CCNC(CN(C)Cc1ccccc1C)C1CC1. The number of hydrogen-bond donors (Lipinski definition) is 1. The molecule has 2 heteroatoms. The van der Waals surface area contributed by atoms with E-state index in [-0.39, 0.29) is 0 Å². The minimum atomic E-state index is 0.684. The van der Waals surface area contributed by atoms with Gasteiger partial charge >= 0.3 is 0 Å². The van der Waals surface area contributed by atoms with Crippen molar-refractivity contribution in [3.63, 3.8) is 0 Å². The molecule has 1 aromatic carbocycles. The Morgan fingerprint density at radius 2 is 2.06 bits per heavy atom. The van der Waals surface area contributed by atoms with Gasteiger partial charge in [-0.25, -0.2) is 0 Å². The lowest BCUT2D eigenvalue weighted by Crippen LogP contribution is -2.40. The number of aryl methyl sites for hydroxylation is 1. The van der Waals surface area contributed by atoms with Gasteiger partial charge in [-0.05, 0) is 50.4 Å². The van der Waals surface area contributed by atoms with Gasteiger partial charge in [-0.3, -0.25) is 0 Å². The molecule has 1 unspecified atom stereocenters. The standard InChI is InChI=1S/C16H26N2/c1-4-17-16(14-9-10-14)12-18(3)11-15-8-6-5-7-13(15)2/h5-8,14,16-17H,4,9-12H2,1-3H3. The molecule has 1 aliphatic carbocycles. The van der Waals surface area contributed by atoms with Gasteiger partial charge in [0.2, 0.25) is 0 Å². The van der Waals surface area contributed by atoms with E-state index in [1.54, 1.807) is 0 Å². The number of nitrogens with zero attached hydrogens (tertiary/aromatic N) is 1. The average Bonchev–Trinajstić information content (AvgIpc) is 3.16. The largest absolute Gasteiger partial charge is 0.313 e.